The van der Waals surface area contributed by atoms with Gasteiger partial charge in [0.05, 0.1) is 30.6 Å². The largest absolute Gasteiger partial charge is 0.492 e. The number of ether oxygens (including phenoxy) is 1. The summed E-state index contributed by atoms with van der Waals surface area (Å²) in [6.45, 7) is 6.89. The Bertz CT molecular complexity index is 1030. The minimum absolute atomic E-state index is 0.0400. The molecule has 30 heavy (non-hydrogen) atoms. The molecule has 3 aromatic rings. The maximum Gasteiger partial charge on any atom is 0.169 e. The average Bonchev–Trinajstić information content (AvgIpc) is 3.16. The van der Waals surface area contributed by atoms with Crippen molar-refractivity contribution in [2.75, 3.05) is 24.3 Å². The van der Waals surface area contributed by atoms with Crippen molar-refractivity contribution < 1.29 is 4.74 Å². The van der Waals surface area contributed by atoms with Gasteiger partial charge in [0.1, 0.15) is 17.9 Å². The number of nitrogens with one attached hydrogen (secondary N) is 3. The van der Waals surface area contributed by atoms with Crippen molar-refractivity contribution in [2.24, 2.45) is 13.0 Å². The molecule has 0 bridgehead atoms. The summed E-state index contributed by atoms with van der Waals surface area (Å²) in [5.41, 5.74) is 3.58. The summed E-state index contributed by atoms with van der Waals surface area (Å²) in [5, 5.41) is 19.5. The van der Waals surface area contributed by atoms with E-state index in [0.29, 0.717) is 36.3 Å². The molecule has 3 N–H and O–H groups in total. The number of pyridine rings is 2. The van der Waals surface area contributed by atoms with E-state index in [1.807, 2.05) is 47.0 Å². The minimum atomic E-state index is 0.0400. The molecule has 0 aliphatic heterocycles. The van der Waals surface area contributed by atoms with Gasteiger partial charge in [-0.2, -0.15) is 5.10 Å². The predicted octanol–water partition coefficient (Wildman–Crippen LogP) is 3.35. The highest BCUT2D eigenvalue weighted by Gasteiger charge is 2.20. The van der Waals surface area contributed by atoms with Crippen molar-refractivity contribution in [3.63, 3.8) is 0 Å². The second-order valence-electron chi connectivity index (χ2n) is 7.09. The van der Waals surface area contributed by atoms with E-state index in [9.17, 15) is 0 Å². The van der Waals surface area contributed by atoms with E-state index in [1.54, 1.807) is 23.4 Å². The Labute approximate surface area is 176 Å². The Hall–Kier alpha value is -3.49. The average molecular weight is 409 g/mol. The minimum Gasteiger partial charge on any atom is -0.492 e. The molecule has 9 heteroatoms. The topological polar surface area (TPSA) is 114 Å². The van der Waals surface area contributed by atoms with Gasteiger partial charge in [-0.1, -0.05) is 13.8 Å². The summed E-state index contributed by atoms with van der Waals surface area (Å²) >= 11 is 0. The van der Waals surface area contributed by atoms with Crippen LogP contribution >= 0.6 is 0 Å². The molecule has 0 spiro atoms. The maximum absolute atomic E-state index is 8.65. The highest BCUT2D eigenvalue weighted by atomic mass is 16.5. The molecule has 0 saturated heterocycles. The van der Waals surface area contributed by atoms with Crippen LogP contribution in [-0.4, -0.2) is 44.1 Å². The lowest BCUT2D eigenvalue weighted by atomic mass is 9.97. The molecule has 0 radical (unpaired) electrons. The molecule has 3 rings (SSSR count). The Kier molecular flexibility index (Phi) is 6.61. The molecule has 0 atom stereocenters. The molecule has 3 heterocycles. The summed E-state index contributed by atoms with van der Waals surface area (Å²) in [6, 6.07) is 3.82. The molecule has 3 aromatic heterocycles. The number of aryl methyl sites for hydroxylation is 1. The number of aromatic nitrogens is 5. The fourth-order valence-electron chi connectivity index (χ4n) is 3.07. The van der Waals surface area contributed by atoms with E-state index in [4.69, 9.17) is 15.1 Å². The van der Waals surface area contributed by atoms with Crippen LogP contribution in [0.4, 0.5) is 11.5 Å². The molecule has 9 nitrogen and oxygen atoms in total. The van der Waals surface area contributed by atoms with Gasteiger partial charge in [0.15, 0.2) is 5.82 Å². The third-order valence-corrected chi connectivity index (χ3v) is 4.55. The first kappa shape index (κ1) is 21.2. The lowest BCUT2D eigenvalue weighted by Gasteiger charge is -2.20. The molecule has 0 saturated carbocycles. The van der Waals surface area contributed by atoms with Crippen LogP contribution in [0.2, 0.25) is 0 Å². The summed E-state index contributed by atoms with van der Waals surface area (Å²) in [6.07, 6.45) is 5.07. The summed E-state index contributed by atoms with van der Waals surface area (Å²) in [7, 11) is 3.64. The molecule has 0 aliphatic carbocycles. The summed E-state index contributed by atoms with van der Waals surface area (Å²) in [4.78, 5) is 13.2. The third kappa shape index (κ3) is 4.56. The lowest BCUT2D eigenvalue weighted by Crippen LogP contribution is -2.16. The van der Waals surface area contributed by atoms with E-state index >= 15 is 0 Å². The standard InChI is InChI=1S/C21H28N8O/c1-6-30-17-10-24-8-7-14(17)15-9-16(25-11-18-26-12-29(5)28-18)19(20(22)13(2)3)21(23-4)27-15/h7-10,12-13,22H,6,11H2,1-5H3,(H2,23,25,27). The van der Waals surface area contributed by atoms with Crippen LogP contribution in [0.5, 0.6) is 5.75 Å². The quantitative estimate of drug-likeness (QED) is 0.465. The van der Waals surface area contributed by atoms with Gasteiger partial charge < -0.3 is 20.8 Å². The Morgan fingerprint density at radius 1 is 1.33 bits per heavy atom. The molecular formula is C21H28N8O. The number of hydrogen-bond acceptors (Lipinski definition) is 8. The zero-order valence-corrected chi connectivity index (χ0v) is 18.0. The normalized spacial score (nSPS) is 10.9. The van der Waals surface area contributed by atoms with Gasteiger partial charge in [0, 0.05) is 37.3 Å². The van der Waals surface area contributed by atoms with Gasteiger partial charge in [-0.15, -0.1) is 0 Å². The van der Waals surface area contributed by atoms with Crippen LogP contribution < -0.4 is 15.4 Å². The van der Waals surface area contributed by atoms with Gasteiger partial charge in [-0.05, 0) is 25.0 Å². The van der Waals surface area contributed by atoms with Crippen LogP contribution in [0, 0.1) is 11.3 Å². The third-order valence-electron chi connectivity index (χ3n) is 4.55. The highest BCUT2D eigenvalue weighted by Crippen LogP contribution is 2.34. The van der Waals surface area contributed by atoms with Gasteiger partial charge >= 0.3 is 0 Å². The molecule has 0 unspecified atom stereocenters. The lowest BCUT2D eigenvalue weighted by molar-refractivity contribution is 0.340. The first-order valence-corrected chi connectivity index (χ1v) is 9.91. The zero-order chi connectivity index (χ0) is 21.7. The van der Waals surface area contributed by atoms with Gasteiger partial charge in [-0.25, -0.2) is 9.97 Å². The first-order valence-electron chi connectivity index (χ1n) is 9.91. The predicted molar refractivity (Wildman–Crippen MR) is 118 cm³/mol. The Morgan fingerprint density at radius 2 is 2.13 bits per heavy atom. The molecule has 0 aromatic carbocycles. The second kappa shape index (κ2) is 9.34. The molecule has 0 aliphatic rings. The van der Waals surface area contributed by atoms with Crippen molar-refractivity contribution in [2.45, 2.75) is 27.3 Å². The van der Waals surface area contributed by atoms with Gasteiger partial charge in [0.25, 0.3) is 0 Å². The van der Waals surface area contributed by atoms with Crippen LogP contribution in [0.15, 0.2) is 30.9 Å². The number of hydrogen-bond donors (Lipinski definition) is 3. The van der Waals surface area contributed by atoms with Crippen LogP contribution in [0.1, 0.15) is 32.2 Å². The maximum atomic E-state index is 8.65. The number of nitrogens with zero attached hydrogens (tertiary/aromatic N) is 5. The van der Waals surface area contributed by atoms with Gasteiger partial charge in [0.2, 0.25) is 0 Å². The van der Waals surface area contributed by atoms with E-state index in [-0.39, 0.29) is 5.92 Å². The number of anilines is 2. The Morgan fingerprint density at radius 3 is 2.77 bits per heavy atom. The zero-order valence-electron chi connectivity index (χ0n) is 18.0. The van der Waals surface area contributed by atoms with Crippen molar-refractivity contribution in [3.05, 3.63) is 42.2 Å². The smallest absolute Gasteiger partial charge is 0.169 e. The van der Waals surface area contributed by atoms with E-state index in [0.717, 1.165) is 22.5 Å². The molecule has 0 fully saturated rings. The van der Waals surface area contributed by atoms with Crippen molar-refractivity contribution >= 4 is 17.2 Å². The van der Waals surface area contributed by atoms with Gasteiger partial charge in [-0.3, -0.25) is 9.67 Å². The van der Waals surface area contributed by atoms with Crippen LogP contribution in [-0.2, 0) is 13.6 Å². The van der Waals surface area contributed by atoms with E-state index < -0.39 is 0 Å². The van der Waals surface area contributed by atoms with Crippen molar-refractivity contribution in [1.29, 1.82) is 5.41 Å². The first-order chi connectivity index (χ1) is 14.4. The second-order valence-corrected chi connectivity index (χ2v) is 7.09. The fraction of sp³-hybridized carbons (Fsp3) is 0.381. The highest BCUT2D eigenvalue weighted by molar-refractivity contribution is 6.08. The number of rotatable bonds is 9. The molecule has 158 valence electrons. The SMILES string of the molecule is CCOc1cnccc1-c1cc(NCc2ncn(C)n2)c(C(=N)C(C)C)c(NC)n1. The monoisotopic (exact) mass is 408 g/mol. The summed E-state index contributed by atoms with van der Waals surface area (Å²) < 4.78 is 7.41. The van der Waals surface area contributed by atoms with E-state index in [2.05, 4.69) is 25.7 Å². The van der Waals surface area contributed by atoms with Crippen LogP contribution in [0.3, 0.4) is 0 Å². The van der Waals surface area contributed by atoms with Crippen molar-refractivity contribution in [3.8, 4) is 17.0 Å². The summed E-state index contributed by atoms with van der Waals surface area (Å²) in [5.74, 6) is 2.00. The van der Waals surface area contributed by atoms with Crippen molar-refractivity contribution in [1.82, 2.24) is 24.7 Å². The Balaban J connectivity index is 2.10. The van der Waals surface area contributed by atoms with E-state index in [1.165, 1.54) is 0 Å². The van der Waals surface area contributed by atoms with Crippen LogP contribution in [0.25, 0.3) is 11.3 Å². The molecule has 0 amide bonds. The molecular weight excluding hydrogens is 380 g/mol. The fourth-order valence-corrected chi connectivity index (χ4v) is 3.07.